The van der Waals surface area contributed by atoms with Gasteiger partial charge in [0.25, 0.3) is 0 Å². The van der Waals surface area contributed by atoms with Gasteiger partial charge in [-0.2, -0.15) is 11.8 Å². The van der Waals surface area contributed by atoms with Crippen LogP contribution in [0.3, 0.4) is 0 Å². The molecule has 1 heterocycles. The van der Waals surface area contributed by atoms with Crippen LogP contribution in [0.5, 0.6) is 0 Å². The van der Waals surface area contributed by atoms with Crippen LogP contribution in [0.2, 0.25) is 0 Å². The average Bonchev–Trinajstić information content (AvgIpc) is 2.66. The zero-order valence-corrected chi connectivity index (χ0v) is 11.8. The fraction of sp³-hybridized carbons (Fsp3) is 0.917. The molecule has 1 fully saturated rings. The maximum Gasteiger partial charge on any atom is 0.234 e. The molecule has 4 nitrogen and oxygen atoms in total. The number of aliphatic hydroxyl groups excluding tert-OH is 1. The lowest BCUT2D eigenvalue weighted by atomic mass is 10.2. The Labute approximate surface area is 108 Å². The topological polar surface area (TPSA) is 52.6 Å². The number of amides is 1. The monoisotopic (exact) mass is 260 g/mol. The highest BCUT2D eigenvalue weighted by Gasteiger charge is 2.24. The molecule has 0 aromatic carbocycles. The predicted octanol–water partition coefficient (Wildman–Crippen LogP) is 0.699. The molecule has 2 N–H and O–H groups in total. The molecule has 1 saturated heterocycles. The molecular weight excluding hydrogens is 236 g/mol. The number of aliphatic hydroxyl groups is 1. The van der Waals surface area contributed by atoms with E-state index in [1.165, 1.54) is 12.8 Å². The van der Waals surface area contributed by atoms with Gasteiger partial charge >= 0.3 is 0 Å². The summed E-state index contributed by atoms with van der Waals surface area (Å²) in [6.45, 7) is 5.72. The van der Waals surface area contributed by atoms with Crippen LogP contribution < -0.4 is 5.32 Å². The van der Waals surface area contributed by atoms with E-state index in [0.717, 1.165) is 6.54 Å². The minimum absolute atomic E-state index is 0.0143. The van der Waals surface area contributed by atoms with Gasteiger partial charge in [-0.3, -0.25) is 9.69 Å². The lowest BCUT2D eigenvalue weighted by molar-refractivity contribution is -0.123. The molecule has 0 aromatic heterocycles. The first-order chi connectivity index (χ1) is 8.08. The minimum atomic E-state index is 0.0143. The van der Waals surface area contributed by atoms with Crippen LogP contribution in [0.4, 0.5) is 0 Å². The zero-order valence-electron chi connectivity index (χ0n) is 11.0. The number of carbonyl (C=O) groups excluding carboxylic acids is 1. The maximum absolute atomic E-state index is 11.8. The number of likely N-dealkylation sites (tertiary alicyclic amines) is 1. The smallest absolute Gasteiger partial charge is 0.234 e. The number of carbonyl (C=O) groups is 1. The summed E-state index contributed by atoms with van der Waals surface area (Å²) in [6.07, 6.45) is 4.33. The standard InChI is InChI=1S/C12H24N2O2S/c1-9-5-4-6-14(9)7-12(16)13-10(2)11(8-15)17-3/h9-11,15H,4-8H2,1-3H3,(H,13,16)/t9-,10+,11-/m1/s1. The van der Waals surface area contributed by atoms with E-state index in [2.05, 4.69) is 17.1 Å². The first-order valence-corrected chi connectivity index (χ1v) is 7.54. The van der Waals surface area contributed by atoms with Gasteiger partial charge in [-0.05, 0) is 39.5 Å². The van der Waals surface area contributed by atoms with Gasteiger partial charge in [-0.15, -0.1) is 0 Å². The van der Waals surface area contributed by atoms with Crippen molar-refractivity contribution in [2.45, 2.75) is 44.0 Å². The lowest BCUT2D eigenvalue weighted by Gasteiger charge is -2.24. The SMILES string of the molecule is CS[C@H](CO)[C@H](C)NC(=O)CN1CCC[C@H]1C. The van der Waals surface area contributed by atoms with Crippen molar-refractivity contribution in [2.75, 3.05) is 26.0 Å². The third-order valence-corrected chi connectivity index (χ3v) is 4.63. The molecule has 1 amide bonds. The first-order valence-electron chi connectivity index (χ1n) is 6.25. The van der Waals surface area contributed by atoms with Crippen LogP contribution in [0.25, 0.3) is 0 Å². The molecule has 0 aliphatic carbocycles. The molecule has 0 saturated carbocycles. The highest BCUT2D eigenvalue weighted by atomic mass is 32.2. The Morgan fingerprint density at radius 3 is 2.82 bits per heavy atom. The maximum atomic E-state index is 11.8. The number of nitrogens with one attached hydrogen (secondary N) is 1. The van der Waals surface area contributed by atoms with Gasteiger partial charge in [0.1, 0.15) is 0 Å². The van der Waals surface area contributed by atoms with E-state index in [-0.39, 0.29) is 23.8 Å². The fourth-order valence-electron chi connectivity index (χ4n) is 2.24. The largest absolute Gasteiger partial charge is 0.395 e. The van der Waals surface area contributed by atoms with Crippen LogP contribution in [0.15, 0.2) is 0 Å². The van der Waals surface area contributed by atoms with Crippen LogP contribution in [-0.2, 0) is 4.79 Å². The second-order valence-corrected chi connectivity index (χ2v) is 5.85. The van der Waals surface area contributed by atoms with Gasteiger partial charge < -0.3 is 10.4 Å². The zero-order chi connectivity index (χ0) is 12.8. The van der Waals surface area contributed by atoms with E-state index in [0.29, 0.717) is 12.6 Å². The molecule has 1 rings (SSSR count). The van der Waals surface area contributed by atoms with Crippen molar-refractivity contribution >= 4 is 17.7 Å². The number of thioether (sulfide) groups is 1. The van der Waals surface area contributed by atoms with Crippen molar-refractivity contribution in [3.8, 4) is 0 Å². The summed E-state index contributed by atoms with van der Waals surface area (Å²) >= 11 is 1.58. The highest BCUT2D eigenvalue weighted by Crippen LogP contribution is 2.15. The molecule has 5 heteroatoms. The van der Waals surface area contributed by atoms with Gasteiger partial charge in [0.2, 0.25) is 5.91 Å². The Balaban J connectivity index is 2.33. The minimum Gasteiger partial charge on any atom is -0.395 e. The summed E-state index contributed by atoms with van der Waals surface area (Å²) in [5, 5.41) is 12.2. The van der Waals surface area contributed by atoms with Crippen molar-refractivity contribution in [3.05, 3.63) is 0 Å². The second-order valence-electron chi connectivity index (χ2n) is 4.77. The van der Waals surface area contributed by atoms with E-state index >= 15 is 0 Å². The molecule has 0 radical (unpaired) electrons. The van der Waals surface area contributed by atoms with Crippen LogP contribution >= 0.6 is 11.8 Å². The van der Waals surface area contributed by atoms with Crippen LogP contribution in [-0.4, -0.2) is 59.2 Å². The Bertz CT molecular complexity index is 247. The summed E-state index contributed by atoms with van der Waals surface area (Å²) in [6, 6.07) is 0.533. The summed E-state index contributed by atoms with van der Waals surface area (Å²) in [5.74, 6) is 0.0683. The molecule has 1 aliphatic heterocycles. The molecular formula is C12H24N2O2S. The Morgan fingerprint density at radius 1 is 1.65 bits per heavy atom. The van der Waals surface area contributed by atoms with E-state index < -0.39 is 0 Å². The number of rotatable bonds is 6. The van der Waals surface area contributed by atoms with Crippen molar-refractivity contribution in [1.82, 2.24) is 10.2 Å². The Hall–Kier alpha value is -0.260. The first kappa shape index (κ1) is 14.8. The van der Waals surface area contributed by atoms with Gasteiger partial charge in [0.05, 0.1) is 13.2 Å². The summed E-state index contributed by atoms with van der Waals surface area (Å²) in [7, 11) is 0. The molecule has 100 valence electrons. The number of hydrogen-bond acceptors (Lipinski definition) is 4. The molecule has 0 spiro atoms. The average molecular weight is 260 g/mol. The van der Waals surface area contributed by atoms with Gasteiger partial charge in [-0.25, -0.2) is 0 Å². The van der Waals surface area contributed by atoms with Crippen molar-refractivity contribution in [3.63, 3.8) is 0 Å². The number of hydrogen-bond donors (Lipinski definition) is 2. The van der Waals surface area contributed by atoms with Gasteiger partial charge in [0, 0.05) is 17.3 Å². The molecule has 17 heavy (non-hydrogen) atoms. The third kappa shape index (κ3) is 4.48. The predicted molar refractivity (Wildman–Crippen MR) is 72.3 cm³/mol. The second kappa shape index (κ2) is 7.24. The summed E-state index contributed by atoms with van der Waals surface area (Å²) < 4.78 is 0. The van der Waals surface area contributed by atoms with E-state index in [4.69, 9.17) is 5.11 Å². The van der Waals surface area contributed by atoms with Crippen molar-refractivity contribution in [2.24, 2.45) is 0 Å². The molecule has 0 unspecified atom stereocenters. The van der Waals surface area contributed by atoms with E-state index in [1.807, 2.05) is 13.2 Å². The number of nitrogens with zero attached hydrogens (tertiary/aromatic N) is 1. The van der Waals surface area contributed by atoms with Crippen molar-refractivity contribution in [1.29, 1.82) is 0 Å². The molecule has 1 aliphatic rings. The van der Waals surface area contributed by atoms with Gasteiger partial charge in [0.15, 0.2) is 0 Å². The Morgan fingerprint density at radius 2 is 2.35 bits per heavy atom. The quantitative estimate of drug-likeness (QED) is 0.738. The summed E-state index contributed by atoms with van der Waals surface area (Å²) in [4.78, 5) is 14.1. The summed E-state index contributed by atoms with van der Waals surface area (Å²) in [5.41, 5.74) is 0. The van der Waals surface area contributed by atoms with Crippen LogP contribution in [0, 0.1) is 0 Å². The van der Waals surface area contributed by atoms with Crippen molar-refractivity contribution < 1.29 is 9.90 Å². The fourth-order valence-corrected chi connectivity index (χ4v) is 2.87. The molecule has 0 aromatic rings. The molecule has 0 bridgehead atoms. The lowest BCUT2D eigenvalue weighted by Crippen LogP contribution is -2.46. The van der Waals surface area contributed by atoms with E-state index in [1.54, 1.807) is 11.8 Å². The van der Waals surface area contributed by atoms with E-state index in [9.17, 15) is 4.79 Å². The van der Waals surface area contributed by atoms with Crippen LogP contribution in [0.1, 0.15) is 26.7 Å². The normalized spacial score (nSPS) is 24.6. The highest BCUT2D eigenvalue weighted by molar-refractivity contribution is 7.99. The third-order valence-electron chi connectivity index (χ3n) is 3.47. The van der Waals surface area contributed by atoms with Gasteiger partial charge in [-0.1, -0.05) is 0 Å². The molecule has 3 atom stereocenters. The Kier molecular flexibility index (Phi) is 6.30.